The summed E-state index contributed by atoms with van der Waals surface area (Å²) in [5.41, 5.74) is 5.92. The first kappa shape index (κ1) is 41.2. The molecule has 0 aromatic carbocycles. The number of nitrogens with one attached hydrogen (secondary N) is 1. The topological polar surface area (TPSA) is 128 Å². The number of unbranched alkanes of at least 4 members (excludes halogenated alkanes) is 2. The lowest BCUT2D eigenvalue weighted by molar-refractivity contribution is -0.153. The molecule has 45 heavy (non-hydrogen) atoms. The van der Waals surface area contributed by atoms with E-state index in [0.717, 1.165) is 70.6 Å². The van der Waals surface area contributed by atoms with Gasteiger partial charge in [-0.1, -0.05) is 129 Å². The van der Waals surface area contributed by atoms with Crippen molar-refractivity contribution in [2.75, 3.05) is 0 Å². The van der Waals surface area contributed by atoms with E-state index in [-0.39, 0.29) is 18.2 Å². The summed E-state index contributed by atoms with van der Waals surface area (Å²) in [7, 11) is 0. The Morgan fingerprint density at radius 3 is 1.29 bits per heavy atom. The maximum absolute atomic E-state index is 12.4. The Morgan fingerprint density at radius 1 is 0.600 bits per heavy atom. The molecule has 264 valence electrons. The molecule has 1 amide bonds. The molecule has 0 heterocycles. The van der Waals surface area contributed by atoms with Crippen molar-refractivity contribution in [2.24, 2.45) is 5.73 Å². The standard InChI is InChI=1S/C19H35NO4.C18H35NO2/c1-2-3-15-17(20-19(22)23)18(21)24-16-13-11-9-7-5-4-6-8-10-12-14-16;1-2-3-15-17(19)18(20)21-16-13-11-9-7-5-4-6-8-10-12-14-16/h16-17,20H,2-15H2,1H3,(H,22,23);16-17H,2-15,19H2,1H3. The average Bonchev–Trinajstić information content (AvgIpc) is 3.00. The molecule has 2 unspecified atom stereocenters. The third-order valence-electron chi connectivity index (χ3n) is 9.27. The van der Waals surface area contributed by atoms with Crippen LogP contribution in [0.3, 0.4) is 0 Å². The van der Waals surface area contributed by atoms with Crippen molar-refractivity contribution in [1.29, 1.82) is 0 Å². The van der Waals surface area contributed by atoms with Gasteiger partial charge in [0.1, 0.15) is 24.3 Å². The molecule has 2 aliphatic carbocycles. The van der Waals surface area contributed by atoms with Crippen molar-refractivity contribution in [3.63, 3.8) is 0 Å². The molecule has 0 aromatic heterocycles. The minimum Gasteiger partial charge on any atom is -0.465 e. The van der Waals surface area contributed by atoms with Crippen LogP contribution in [0.4, 0.5) is 4.79 Å². The molecule has 2 rings (SSSR count). The number of ether oxygens (including phenoxy) is 2. The maximum Gasteiger partial charge on any atom is 0.405 e. The van der Waals surface area contributed by atoms with Gasteiger partial charge in [-0.25, -0.2) is 9.59 Å². The van der Waals surface area contributed by atoms with E-state index >= 15 is 0 Å². The van der Waals surface area contributed by atoms with Crippen molar-refractivity contribution < 1.29 is 29.0 Å². The summed E-state index contributed by atoms with van der Waals surface area (Å²) in [4.78, 5) is 35.3. The first-order valence-electron chi connectivity index (χ1n) is 19.0. The van der Waals surface area contributed by atoms with Crippen molar-refractivity contribution in [3.8, 4) is 0 Å². The second-order valence-electron chi connectivity index (χ2n) is 13.5. The number of carbonyl (C=O) groups excluding carboxylic acids is 2. The van der Waals surface area contributed by atoms with E-state index in [1.54, 1.807) is 0 Å². The Balaban J connectivity index is 0.000000454. The Hall–Kier alpha value is -1.83. The normalized spacial score (nSPS) is 20.2. The van der Waals surface area contributed by atoms with Gasteiger partial charge in [0.05, 0.1) is 0 Å². The van der Waals surface area contributed by atoms with Crippen molar-refractivity contribution in [3.05, 3.63) is 0 Å². The van der Waals surface area contributed by atoms with Crippen LogP contribution in [0.2, 0.25) is 0 Å². The van der Waals surface area contributed by atoms with Gasteiger partial charge in [-0.3, -0.25) is 4.79 Å². The fourth-order valence-electron chi connectivity index (χ4n) is 6.33. The Morgan fingerprint density at radius 2 is 0.933 bits per heavy atom. The average molecular weight is 639 g/mol. The van der Waals surface area contributed by atoms with E-state index in [1.807, 2.05) is 6.92 Å². The zero-order chi connectivity index (χ0) is 33.0. The van der Waals surface area contributed by atoms with Gasteiger partial charge in [0.2, 0.25) is 0 Å². The van der Waals surface area contributed by atoms with Crippen LogP contribution in [0.15, 0.2) is 0 Å². The van der Waals surface area contributed by atoms with E-state index in [2.05, 4.69) is 12.2 Å². The van der Waals surface area contributed by atoms with Crippen LogP contribution in [0.1, 0.15) is 194 Å². The molecule has 2 atom stereocenters. The van der Waals surface area contributed by atoms with Gasteiger partial charge < -0.3 is 25.6 Å². The smallest absolute Gasteiger partial charge is 0.405 e. The number of rotatable bonds is 11. The molecule has 0 spiro atoms. The zero-order valence-corrected chi connectivity index (χ0v) is 29.2. The summed E-state index contributed by atoms with van der Waals surface area (Å²) in [6.07, 6.45) is 30.6. The SMILES string of the molecule is CCCCC(N)C(=O)OC1CCCCCCCCCCC1.CCCCC(NC(=O)O)C(=O)OC1CCCCCCCCCCC1. The van der Waals surface area contributed by atoms with Gasteiger partial charge in [0.25, 0.3) is 0 Å². The Kier molecular flexibility index (Phi) is 26.0. The summed E-state index contributed by atoms with van der Waals surface area (Å²) < 4.78 is 11.4. The van der Waals surface area contributed by atoms with Gasteiger partial charge in [0.15, 0.2) is 0 Å². The van der Waals surface area contributed by atoms with Crippen molar-refractivity contribution in [1.82, 2.24) is 5.32 Å². The second kappa shape index (κ2) is 28.4. The zero-order valence-electron chi connectivity index (χ0n) is 29.2. The number of hydrogen-bond acceptors (Lipinski definition) is 6. The lowest BCUT2D eigenvalue weighted by Crippen LogP contribution is -2.42. The van der Waals surface area contributed by atoms with Crippen LogP contribution in [0.25, 0.3) is 0 Å². The minimum absolute atomic E-state index is 0.0587. The van der Waals surface area contributed by atoms with Gasteiger partial charge >= 0.3 is 18.0 Å². The van der Waals surface area contributed by atoms with Gasteiger partial charge in [-0.15, -0.1) is 0 Å². The van der Waals surface area contributed by atoms with Crippen LogP contribution >= 0.6 is 0 Å². The van der Waals surface area contributed by atoms with Gasteiger partial charge in [-0.2, -0.15) is 0 Å². The van der Waals surface area contributed by atoms with Crippen LogP contribution < -0.4 is 11.1 Å². The van der Waals surface area contributed by atoms with E-state index in [9.17, 15) is 14.4 Å². The number of nitrogens with two attached hydrogens (primary N) is 1. The highest BCUT2D eigenvalue weighted by molar-refractivity contribution is 5.80. The van der Waals surface area contributed by atoms with Crippen molar-refractivity contribution >= 4 is 18.0 Å². The predicted octanol–water partition coefficient (Wildman–Crippen LogP) is 9.75. The lowest BCUT2D eigenvalue weighted by Gasteiger charge is -2.22. The van der Waals surface area contributed by atoms with Crippen LogP contribution in [0.5, 0.6) is 0 Å². The molecule has 2 fully saturated rings. The quantitative estimate of drug-likeness (QED) is 0.192. The van der Waals surface area contributed by atoms with E-state index in [4.69, 9.17) is 20.3 Å². The molecule has 0 radical (unpaired) electrons. The molecule has 0 aromatic rings. The Labute approximate surface area is 275 Å². The molecule has 8 heteroatoms. The summed E-state index contributed by atoms with van der Waals surface area (Å²) >= 11 is 0. The van der Waals surface area contributed by atoms with Gasteiger partial charge in [-0.05, 0) is 64.2 Å². The molecule has 0 aliphatic heterocycles. The minimum atomic E-state index is -1.16. The van der Waals surface area contributed by atoms with E-state index in [1.165, 1.54) is 103 Å². The number of carboxylic acid groups (broad SMARTS) is 1. The number of carbonyl (C=O) groups is 3. The largest absolute Gasteiger partial charge is 0.465 e. The molecular formula is C37H70N2O6. The lowest BCUT2D eigenvalue weighted by atomic mass is 9.99. The number of hydrogen-bond donors (Lipinski definition) is 3. The summed E-state index contributed by atoms with van der Waals surface area (Å²) in [6.45, 7) is 4.14. The highest BCUT2D eigenvalue weighted by Crippen LogP contribution is 2.21. The molecule has 4 N–H and O–H groups in total. The monoisotopic (exact) mass is 639 g/mol. The highest BCUT2D eigenvalue weighted by atomic mass is 16.5. The number of esters is 2. The summed E-state index contributed by atoms with van der Waals surface area (Å²) in [5.74, 6) is -0.580. The second-order valence-corrected chi connectivity index (χ2v) is 13.5. The third-order valence-corrected chi connectivity index (χ3v) is 9.27. The summed E-state index contributed by atoms with van der Waals surface area (Å²) in [5, 5.41) is 11.2. The fraction of sp³-hybridized carbons (Fsp3) is 0.919. The molecule has 2 saturated carbocycles. The summed E-state index contributed by atoms with van der Waals surface area (Å²) in [6, 6.07) is -1.16. The predicted molar refractivity (Wildman–Crippen MR) is 183 cm³/mol. The first-order valence-corrected chi connectivity index (χ1v) is 19.0. The van der Waals surface area contributed by atoms with Crippen LogP contribution in [-0.4, -0.2) is 47.4 Å². The Bertz CT molecular complexity index is 724. The van der Waals surface area contributed by atoms with Crippen LogP contribution in [-0.2, 0) is 19.1 Å². The van der Waals surface area contributed by atoms with Crippen LogP contribution in [0, 0.1) is 0 Å². The van der Waals surface area contributed by atoms with Crippen molar-refractivity contribution in [2.45, 2.75) is 218 Å². The molecule has 2 aliphatic rings. The molecule has 8 nitrogen and oxygen atoms in total. The maximum atomic E-state index is 12.4. The van der Waals surface area contributed by atoms with Gasteiger partial charge in [0, 0.05) is 0 Å². The van der Waals surface area contributed by atoms with E-state index in [0.29, 0.717) is 6.42 Å². The first-order chi connectivity index (χ1) is 21.9. The molecule has 0 saturated heterocycles. The fourth-order valence-corrected chi connectivity index (χ4v) is 6.33. The molecular weight excluding hydrogens is 568 g/mol. The molecule has 0 bridgehead atoms. The highest BCUT2D eigenvalue weighted by Gasteiger charge is 2.25. The third kappa shape index (κ3) is 23.2. The number of amides is 1. The van der Waals surface area contributed by atoms with E-state index < -0.39 is 24.1 Å².